The van der Waals surface area contributed by atoms with Crippen LogP contribution in [0.2, 0.25) is 0 Å². The van der Waals surface area contributed by atoms with Gasteiger partial charge >= 0.3 is 5.97 Å². The number of ether oxygens (including phenoxy) is 6. The van der Waals surface area contributed by atoms with E-state index in [2.05, 4.69) is 51.7 Å². The summed E-state index contributed by atoms with van der Waals surface area (Å²) in [7, 11) is 0. The Kier molecular flexibility index (Phi) is 17.2. The third-order valence-electron chi connectivity index (χ3n) is 7.28. The predicted molar refractivity (Wildman–Crippen MR) is 170 cm³/mol. The lowest BCUT2D eigenvalue weighted by Crippen LogP contribution is -2.33. The highest BCUT2D eigenvalue weighted by atomic mass is 16.6. The molecule has 44 heavy (non-hydrogen) atoms. The maximum Gasteiger partial charge on any atom is 0.338 e. The van der Waals surface area contributed by atoms with E-state index in [9.17, 15) is 9.59 Å². The topological polar surface area (TPSA) is 122 Å². The van der Waals surface area contributed by atoms with Crippen molar-refractivity contribution in [2.45, 2.75) is 51.4 Å². The summed E-state index contributed by atoms with van der Waals surface area (Å²) >= 11 is 0. The molecule has 0 saturated carbocycles. The molecule has 1 aromatic rings. The Hall–Kier alpha value is -2.86. The van der Waals surface area contributed by atoms with Gasteiger partial charge in [-0.05, 0) is 53.0 Å². The first-order valence-electron chi connectivity index (χ1n) is 15.2. The molecule has 1 aliphatic carbocycles. The molecule has 10 nitrogen and oxygen atoms in total. The number of aliphatic hydroxyl groups is 1. The van der Waals surface area contributed by atoms with Gasteiger partial charge in [0.25, 0.3) is 0 Å². The molecule has 0 unspecified atom stereocenters. The normalized spacial score (nSPS) is 15.6. The van der Waals surface area contributed by atoms with Crippen molar-refractivity contribution in [2.75, 3.05) is 84.6 Å². The molecule has 246 valence electrons. The Morgan fingerprint density at radius 3 is 1.82 bits per heavy atom. The molecular weight excluding hydrogens is 566 g/mol. The summed E-state index contributed by atoms with van der Waals surface area (Å²) in [6.07, 6.45) is 7.96. The first kappa shape index (κ1) is 37.3. The van der Waals surface area contributed by atoms with E-state index >= 15 is 0 Å². The molecule has 10 heteroatoms. The van der Waals surface area contributed by atoms with Crippen LogP contribution in [0.15, 0.2) is 54.7 Å². The van der Waals surface area contributed by atoms with E-state index in [0.717, 1.165) is 18.5 Å². The van der Waals surface area contributed by atoms with Crippen molar-refractivity contribution in [3.63, 3.8) is 0 Å². The third kappa shape index (κ3) is 13.8. The quantitative estimate of drug-likeness (QED) is 0.0851. The molecule has 1 amide bonds. The molecule has 0 fully saturated rings. The summed E-state index contributed by atoms with van der Waals surface area (Å²) in [5, 5.41) is 11.5. The summed E-state index contributed by atoms with van der Waals surface area (Å²) in [4.78, 5) is 24.9. The molecule has 1 aliphatic rings. The monoisotopic (exact) mass is 617 g/mol. The fraction of sp³-hybridized carbons (Fsp3) is 0.588. The molecule has 0 saturated heterocycles. The second-order valence-corrected chi connectivity index (χ2v) is 11.6. The second kappa shape index (κ2) is 20.2. The van der Waals surface area contributed by atoms with E-state index in [1.807, 2.05) is 6.07 Å². The van der Waals surface area contributed by atoms with Gasteiger partial charge in [0.05, 0.1) is 78.2 Å². The lowest BCUT2D eigenvalue weighted by atomic mass is 9.63. The second-order valence-electron chi connectivity index (χ2n) is 11.6. The van der Waals surface area contributed by atoms with Gasteiger partial charge in [0.2, 0.25) is 5.91 Å². The molecular formula is C34H51NO9. The minimum Gasteiger partial charge on any atom is -0.460 e. The highest BCUT2D eigenvalue weighted by molar-refractivity contribution is 6.00. The van der Waals surface area contributed by atoms with Gasteiger partial charge in [-0.25, -0.2) is 4.79 Å². The predicted octanol–water partition coefficient (Wildman–Crippen LogP) is 4.26. The van der Waals surface area contributed by atoms with Crippen molar-refractivity contribution >= 4 is 17.6 Å². The SMILES string of the molecule is C=C/C(=C\C=C\C(=O)Nc1ccc2c(c1)C(C)(C)CCC2(C)C)C(=O)OCCOCCOCCOCCOCCOCCO. The third-order valence-corrected chi connectivity index (χ3v) is 7.28. The zero-order valence-electron chi connectivity index (χ0n) is 26.9. The molecule has 2 N–H and O–H groups in total. The lowest BCUT2D eigenvalue weighted by molar-refractivity contribution is -0.140. The highest BCUT2D eigenvalue weighted by Crippen LogP contribution is 2.46. The van der Waals surface area contributed by atoms with Crippen LogP contribution in [0.25, 0.3) is 0 Å². The van der Waals surface area contributed by atoms with Crippen molar-refractivity contribution in [3.8, 4) is 0 Å². The maximum absolute atomic E-state index is 12.5. The summed E-state index contributed by atoms with van der Waals surface area (Å²) in [5.41, 5.74) is 3.74. The molecule has 1 aromatic carbocycles. The lowest BCUT2D eigenvalue weighted by Gasteiger charge is -2.42. The largest absolute Gasteiger partial charge is 0.460 e. The zero-order chi connectivity index (χ0) is 32.3. The minimum absolute atomic E-state index is 0.00667. The number of amides is 1. The van der Waals surface area contributed by atoms with Crippen LogP contribution in [0.4, 0.5) is 5.69 Å². The van der Waals surface area contributed by atoms with Crippen LogP contribution in [0, 0.1) is 0 Å². The van der Waals surface area contributed by atoms with Crippen LogP contribution in [0.5, 0.6) is 0 Å². The highest BCUT2D eigenvalue weighted by Gasteiger charge is 2.37. The number of hydrogen-bond donors (Lipinski definition) is 2. The van der Waals surface area contributed by atoms with E-state index in [-0.39, 0.29) is 42.1 Å². The molecule has 0 radical (unpaired) electrons. The maximum atomic E-state index is 12.5. The van der Waals surface area contributed by atoms with Gasteiger partial charge < -0.3 is 38.8 Å². The Balaban J connectivity index is 1.59. The van der Waals surface area contributed by atoms with Gasteiger partial charge in [0, 0.05) is 11.8 Å². The number of nitrogens with one attached hydrogen (secondary N) is 1. The molecule has 0 aliphatic heterocycles. The molecule has 0 heterocycles. The van der Waals surface area contributed by atoms with E-state index in [0.29, 0.717) is 59.5 Å². The number of aliphatic hydroxyl groups excluding tert-OH is 1. The summed E-state index contributed by atoms with van der Waals surface area (Å²) in [5.74, 6) is -0.845. The number of esters is 1. The van der Waals surface area contributed by atoms with E-state index in [1.54, 1.807) is 0 Å². The van der Waals surface area contributed by atoms with E-state index < -0.39 is 5.97 Å². The summed E-state index contributed by atoms with van der Waals surface area (Å²) in [6, 6.07) is 6.14. The number of carbonyl (C=O) groups is 2. The van der Waals surface area contributed by atoms with Crippen LogP contribution < -0.4 is 5.32 Å². The minimum atomic E-state index is -0.553. The molecule has 0 atom stereocenters. The van der Waals surface area contributed by atoms with Gasteiger partial charge in [0.1, 0.15) is 6.61 Å². The van der Waals surface area contributed by atoms with Crippen LogP contribution >= 0.6 is 0 Å². The van der Waals surface area contributed by atoms with Crippen molar-refractivity contribution in [1.82, 2.24) is 0 Å². The van der Waals surface area contributed by atoms with Crippen LogP contribution in [0.1, 0.15) is 51.7 Å². The number of allylic oxidation sites excluding steroid dienone is 2. The number of fused-ring (bicyclic) bond motifs is 1. The van der Waals surface area contributed by atoms with Crippen LogP contribution in [-0.4, -0.2) is 96.3 Å². The average Bonchev–Trinajstić information content (AvgIpc) is 2.99. The fourth-order valence-electron chi connectivity index (χ4n) is 4.63. The first-order chi connectivity index (χ1) is 21.1. The van der Waals surface area contributed by atoms with Crippen LogP contribution in [0.3, 0.4) is 0 Å². The first-order valence-corrected chi connectivity index (χ1v) is 15.2. The standard InChI is InChI=1S/C34H51NO9/c1-6-27(32(38)44-25-24-43-23-22-42-21-20-41-19-18-40-17-16-39-15-14-36)8-7-9-31(37)35-28-10-11-29-30(26-28)34(4,5)13-12-33(29,2)3/h6-11,26,36H,1,12-25H2,2-5H3,(H,35,37)/b9-7+,27-8+. The van der Waals surface area contributed by atoms with Gasteiger partial charge in [-0.3, -0.25) is 4.79 Å². The molecule has 0 aromatic heterocycles. The zero-order valence-corrected chi connectivity index (χ0v) is 26.9. The van der Waals surface area contributed by atoms with E-state index in [1.165, 1.54) is 35.4 Å². The van der Waals surface area contributed by atoms with E-state index in [4.69, 9.17) is 33.5 Å². The van der Waals surface area contributed by atoms with Gasteiger partial charge in [-0.15, -0.1) is 0 Å². The number of anilines is 1. The number of hydrogen-bond acceptors (Lipinski definition) is 9. The van der Waals surface area contributed by atoms with Gasteiger partial charge in [-0.2, -0.15) is 0 Å². The Labute approximate surface area is 262 Å². The Bertz CT molecular complexity index is 1090. The van der Waals surface area contributed by atoms with Crippen molar-refractivity contribution < 1.29 is 43.1 Å². The molecule has 2 rings (SSSR count). The number of benzene rings is 1. The van der Waals surface area contributed by atoms with Crippen molar-refractivity contribution in [2.24, 2.45) is 0 Å². The van der Waals surface area contributed by atoms with Crippen molar-refractivity contribution in [3.05, 3.63) is 65.8 Å². The average molecular weight is 618 g/mol. The van der Waals surface area contributed by atoms with Crippen LogP contribution in [-0.2, 0) is 48.8 Å². The smallest absolute Gasteiger partial charge is 0.338 e. The summed E-state index contributed by atoms with van der Waals surface area (Å²) in [6.45, 7) is 16.8. The molecule has 0 spiro atoms. The van der Waals surface area contributed by atoms with Gasteiger partial charge in [0.15, 0.2) is 0 Å². The summed E-state index contributed by atoms with van der Waals surface area (Å²) < 4.78 is 31.9. The fourth-order valence-corrected chi connectivity index (χ4v) is 4.63. The number of carbonyl (C=O) groups excluding carboxylic acids is 2. The van der Waals surface area contributed by atoms with Gasteiger partial charge in [-0.1, -0.05) is 52.5 Å². The van der Waals surface area contributed by atoms with Crippen molar-refractivity contribution in [1.29, 1.82) is 0 Å². The Morgan fingerprint density at radius 1 is 0.795 bits per heavy atom. The number of rotatable bonds is 22. The molecule has 0 bridgehead atoms. The Morgan fingerprint density at radius 2 is 1.30 bits per heavy atom.